The number of aliphatic hydroxyl groups is 1. The van der Waals surface area contributed by atoms with Crippen LogP contribution in [-0.4, -0.2) is 44.3 Å². The molecule has 0 spiro atoms. The van der Waals surface area contributed by atoms with Gasteiger partial charge in [-0.05, 0) is 24.8 Å². The number of aromatic nitrogens is 4. The van der Waals surface area contributed by atoms with Crippen LogP contribution in [0.1, 0.15) is 19.3 Å². The third-order valence-corrected chi connectivity index (χ3v) is 4.22. The van der Waals surface area contributed by atoms with Gasteiger partial charge >= 0.3 is 0 Å². The Balaban J connectivity index is 1.79. The topological polar surface area (TPSA) is 93.1 Å². The quantitative estimate of drug-likeness (QED) is 0.866. The zero-order valence-electron chi connectivity index (χ0n) is 11.9. The molecule has 2 aliphatic carbocycles. The van der Waals surface area contributed by atoms with E-state index in [1.54, 1.807) is 6.33 Å². The van der Waals surface area contributed by atoms with Gasteiger partial charge in [0.2, 0.25) is 5.95 Å². The van der Waals surface area contributed by atoms with E-state index in [0.29, 0.717) is 6.04 Å². The zero-order valence-corrected chi connectivity index (χ0v) is 11.9. The summed E-state index contributed by atoms with van der Waals surface area (Å²) in [5.41, 5.74) is 8.57. The molecule has 0 aliphatic heterocycles. The molecule has 0 saturated heterocycles. The van der Waals surface area contributed by atoms with Gasteiger partial charge in [0, 0.05) is 31.8 Å². The van der Waals surface area contributed by atoms with Crippen LogP contribution < -0.4 is 10.6 Å². The van der Waals surface area contributed by atoms with Crippen molar-refractivity contribution in [2.75, 3.05) is 24.3 Å². The standard InChI is InChI=1S/C14H18N6O/c1-19(10-2-3-10)12-11-13(18-14(15)17-12)20(7-16-11)5-8-4-9(8)6-21/h5,7,9-10,21H,2-4,6H2,1H3,(H2,15,17,18)/b8-5-. The third kappa shape index (κ3) is 2.13. The van der Waals surface area contributed by atoms with Crippen molar-refractivity contribution >= 4 is 29.1 Å². The maximum Gasteiger partial charge on any atom is 0.224 e. The van der Waals surface area contributed by atoms with E-state index in [4.69, 9.17) is 10.8 Å². The molecule has 0 amide bonds. The monoisotopic (exact) mass is 286 g/mol. The van der Waals surface area contributed by atoms with E-state index in [0.717, 1.165) is 23.4 Å². The molecule has 1 unspecified atom stereocenters. The van der Waals surface area contributed by atoms with Crippen molar-refractivity contribution in [3.8, 4) is 0 Å². The number of aliphatic hydroxyl groups excluding tert-OH is 1. The highest BCUT2D eigenvalue weighted by molar-refractivity contribution is 5.86. The highest BCUT2D eigenvalue weighted by atomic mass is 16.3. The van der Waals surface area contributed by atoms with Crippen molar-refractivity contribution in [2.45, 2.75) is 25.3 Å². The molecule has 7 nitrogen and oxygen atoms in total. The lowest BCUT2D eigenvalue weighted by Crippen LogP contribution is -2.21. The number of nitrogen functional groups attached to an aromatic ring is 1. The van der Waals surface area contributed by atoms with Crippen molar-refractivity contribution in [1.82, 2.24) is 19.5 Å². The summed E-state index contributed by atoms with van der Waals surface area (Å²) < 4.78 is 1.88. The summed E-state index contributed by atoms with van der Waals surface area (Å²) in [7, 11) is 2.03. The van der Waals surface area contributed by atoms with Crippen LogP contribution in [0.25, 0.3) is 17.4 Å². The molecule has 3 N–H and O–H groups in total. The summed E-state index contributed by atoms with van der Waals surface area (Å²) in [5, 5.41) is 9.13. The molecule has 4 rings (SSSR count). The SMILES string of the molecule is CN(c1nc(N)nc2c1ncn2/C=C1/CC1CO)C1CC1. The molecule has 2 aromatic heterocycles. The maximum absolute atomic E-state index is 9.13. The number of nitrogens with zero attached hydrogens (tertiary/aromatic N) is 5. The lowest BCUT2D eigenvalue weighted by atomic mass is 10.4. The molecule has 7 heteroatoms. The zero-order chi connectivity index (χ0) is 14.6. The number of hydrogen-bond acceptors (Lipinski definition) is 6. The van der Waals surface area contributed by atoms with E-state index in [9.17, 15) is 0 Å². The second kappa shape index (κ2) is 4.42. The average Bonchev–Trinajstić information content (AvgIpc) is 3.37. The molecule has 2 fully saturated rings. The number of hydrogen-bond donors (Lipinski definition) is 2. The fourth-order valence-electron chi connectivity index (χ4n) is 2.64. The molecule has 0 radical (unpaired) electrons. The third-order valence-electron chi connectivity index (χ3n) is 4.22. The first-order valence-corrected chi connectivity index (χ1v) is 7.21. The Bertz CT molecular complexity index is 732. The Morgan fingerprint density at radius 3 is 2.95 bits per heavy atom. The smallest absolute Gasteiger partial charge is 0.224 e. The summed E-state index contributed by atoms with van der Waals surface area (Å²) in [6.45, 7) is 0.200. The van der Waals surface area contributed by atoms with Gasteiger partial charge in [0.25, 0.3) is 0 Å². The highest BCUT2D eigenvalue weighted by Gasteiger charge is 2.31. The maximum atomic E-state index is 9.13. The summed E-state index contributed by atoms with van der Waals surface area (Å²) in [5.74, 6) is 1.35. The van der Waals surface area contributed by atoms with Gasteiger partial charge in [0.05, 0.1) is 0 Å². The molecule has 1 atom stereocenters. The summed E-state index contributed by atoms with van der Waals surface area (Å²) in [4.78, 5) is 15.3. The molecular weight excluding hydrogens is 268 g/mol. The largest absolute Gasteiger partial charge is 0.396 e. The summed E-state index contributed by atoms with van der Waals surface area (Å²) in [6.07, 6.45) is 7.04. The fourth-order valence-corrected chi connectivity index (χ4v) is 2.64. The first-order chi connectivity index (χ1) is 10.2. The Labute approximate surface area is 122 Å². The van der Waals surface area contributed by atoms with Gasteiger partial charge in [-0.25, -0.2) is 4.98 Å². The van der Waals surface area contributed by atoms with E-state index >= 15 is 0 Å². The van der Waals surface area contributed by atoms with E-state index in [2.05, 4.69) is 19.9 Å². The van der Waals surface area contributed by atoms with Crippen LogP contribution in [0, 0.1) is 5.92 Å². The highest BCUT2D eigenvalue weighted by Crippen LogP contribution is 2.38. The lowest BCUT2D eigenvalue weighted by molar-refractivity contribution is 0.281. The minimum absolute atomic E-state index is 0.200. The first kappa shape index (κ1) is 12.6. The Hall–Kier alpha value is -2.15. The van der Waals surface area contributed by atoms with Gasteiger partial charge < -0.3 is 15.7 Å². The van der Waals surface area contributed by atoms with Crippen LogP contribution in [0.5, 0.6) is 0 Å². The molecule has 2 saturated carbocycles. The van der Waals surface area contributed by atoms with E-state index in [-0.39, 0.29) is 18.5 Å². The minimum atomic E-state index is 0.200. The fraction of sp³-hybridized carbons (Fsp3) is 0.500. The number of nitrogens with two attached hydrogens (primary N) is 1. The van der Waals surface area contributed by atoms with Gasteiger partial charge in [-0.3, -0.25) is 4.57 Å². The van der Waals surface area contributed by atoms with E-state index < -0.39 is 0 Å². The molecule has 0 bridgehead atoms. The predicted octanol–water partition coefficient (Wildman–Crippen LogP) is 0.860. The second-order valence-corrected chi connectivity index (χ2v) is 5.86. The van der Waals surface area contributed by atoms with Crippen molar-refractivity contribution in [1.29, 1.82) is 0 Å². The summed E-state index contributed by atoms with van der Waals surface area (Å²) in [6, 6.07) is 0.535. The first-order valence-electron chi connectivity index (χ1n) is 7.21. The van der Waals surface area contributed by atoms with Crippen molar-refractivity contribution in [3.63, 3.8) is 0 Å². The Morgan fingerprint density at radius 1 is 1.48 bits per heavy atom. The van der Waals surface area contributed by atoms with E-state index in [1.807, 2.05) is 17.8 Å². The molecule has 110 valence electrons. The number of rotatable bonds is 4. The van der Waals surface area contributed by atoms with Crippen LogP contribution in [0.4, 0.5) is 11.8 Å². The molecule has 2 aromatic rings. The van der Waals surface area contributed by atoms with Crippen LogP contribution in [0.3, 0.4) is 0 Å². The van der Waals surface area contributed by atoms with Gasteiger partial charge in [0.1, 0.15) is 6.33 Å². The van der Waals surface area contributed by atoms with Crippen molar-refractivity contribution in [2.24, 2.45) is 5.92 Å². The second-order valence-electron chi connectivity index (χ2n) is 5.86. The van der Waals surface area contributed by atoms with Gasteiger partial charge in [-0.1, -0.05) is 0 Å². The van der Waals surface area contributed by atoms with Crippen molar-refractivity contribution in [3.05, 3.63) is 11.9 Å². The molecule has 2 aliphatic rings. The van der Waals surface area contributed by atoms with Gasteiger partial charge in [0.15, 0.2) is 17.0 Å². The lowest BCUT2D eigenvalue weighted by Gasteiger charge is -2.17. The average molecular weight is 286 g/mol. The number of imidazole rings is 1. The summed E-state index contributed by atoms with van der Waals surface area (Å²) >= 11 is 0. The van der Waals surface area contributed by atoms with Gasteiger partial charge in [-0.15, -0.1) is 0 Å². The number of fused-ring (bicyclic) bond motifs is 1. The normalized spacial score (nSPS) is 23.0. The molecular formula is C14H18N6O. The van der Waals surface area contributed by atoms with Crippen LogP contribution in [0.2, 0.25) is 0 Å². The molecule has 0 aromatic carbocycles. The predicted molar refractivity (Wildman–Crippen MR) is 80.6 cm³/mol. The van der Waals surface area contributed by atoms with Crippen molar-refractivity contribution < 1.29 is 5.11 Å². The van der Waals surface area contributed by atoms with Crippen LogP contribution >= 0.6 is 0 Å². The Kier molecular flexibility index (Phi) is 2.65. The Morgan fingerprint density at radius 2 is 2.29 bits per heavy atom. The minimum Gasteiger partial charge on any atom is -0.396 e. The van der Waals surface area contributed by atoms with Crippen LogP contribution in [0.15, 0.2) is 11.9 Å². The molecule has 21 heavy (non-hydrogen) atoms. The molecule has 2 heterocycles. The van der Waals surface area contributed by atoms with E-state index in [1.165, 1.54) is 18.4 Å². The van der Waals surface area contributed by atoms with Crippen LogP contribution in [-0.2, 0) is 0 Å². The van der Waals surface area contributed by atoms with Gasteiger partial charge in [-0.2, -0.15) is 9.97 Å². The number of anilines is 2.